The highest BCUT2D eigenvalue weighted by Crippen LogP contribution is 2.31. The van der Waals surface area contributed by atoms with E-state index in [1.54, 1.807) is 0 Å². The number of hydrogen-bond donors (Lipinski definition) is 1. The van der Waals surface area contributed by atoms with Gasteiger partial charge in [-0.05, 0) is 17.5 Å². The van der Waals surface area contributed by atoms with Gasteiger partial charge in [-0.25, -0.2) is 0 Å². The van der Waals surface area contributed by atoms with E-state index in [9.17, 15) is 4.79 Å². The molecule has 0 aliphatic heterocycles. The number of carbonyl (C=O) groups is 1. The molecule has 14 heavy (non-hydrogen) atoms. The van der Waals surface area contributed by atoms with Crippen molar-refractivity contribution in [3.05, 3.63) is 28.7 Å². The van der Waals surface area contributed by atoms with Crippen molar-refractivity contribution in [1.82, 2.24) is 0 Å². The number of benzene rings is 1. The Kier molecular flexibility index (Phi) is 2.56. The smallest absolute Gasteiger partial charge is 0.221 e. The van der Waals surface area contributed by atoms with Gasteiger partial charge in [0.05, 0.1) is 5.00 Å². The summed E-state index contributed by atoms with van der Waals surface area (Å²) in [6.07, 6.45) is 0. The topological polar surface area (TPSA) is 29.1 Å². The van der Waals surface area contributed by atoms with Crippen LogP contribution in [0, 0.1) is 6.07 Å². The SMILES string of the molecule is CC(=O)Nc1cc2ccc(Br)[c]c2s1. The van der Waals surface area contributed by atoms with Gasteiger partial charge in [-0.3, -0.25) is 4.79 Å². The maximum Gasteiger partial charge on any atom is 0.221 e. The van der Waals surface area contributed by atoms with E-state index in [4.69, 9.17) is 0 Å². The standard InChI is InChI=1S/C10H7BrNOS/c1-6(13)12-10-4-7-2-3-8(11)5-9(7)14-10/h2-4H,1H3,(H,12,13). The summed E-state index contributed by atoms with van der Waals surface area (Å²) in [6.45, 7) is 1.50. The van der Waals surface area contributed by atoms with Crippen molar-refractivity contribution in [3.8, 4) is 0 Å². The summed E-state index contributed by atoms with van der Waals surface area (Å²) < 4.78 is 1.98. The first-order valence-corrected chi connectivity index (χ1v) is 5.65. The Morgan fingerprint density at radius 2 is 2.36 bits per heavy atom. The molecule has 0 atom stereocenters. The molecule has 1 radical (unpaired) electrons. The molecule has 0 spiro atoms. The van der Waals surface area contributed by atoms with Gasteiger partial charge >= 0.3 is 0 Å². The van der Waals surface area contributed by atoms with Crippen molar-refractivity contribution in [2.24, 2.45) is 0 Å². The van der Waals surface area contributed by atoms with Crippen molar-refractivity contribution in [2.75, 3.05) is 5.32 Å². The first-order valence-electron chi connectivity index (χ1n) is 4.04. The van der Waals surface area contributed by atoms with Crippen LogP contribution in [-0.4, -0.2) is 5.91 Å². The molecule has 0 aliphatic carbocycles. The predicted octanol–water partition coefficient (Wildman–Crippen LogP) is 3.42. The summed E-state index contributed by atoms with van der Waals surface area (Å²) >= 11 is 4.88. The Morgan fingerprint density at radius 3 is 3.07 bits per heavy atom. The summed E-state index contributed by atoms with van der Waals surface area (Å²) in [5.74, 6) is -0.0457. The molecule has 1 heterocycles. The second-order valence-corrected chi connectivity index (χ2v) is 4.79. The second-order valence-electron chi connectivity index (χ2n) is 2.88. The van der Waals surface area contributed by atoms with E-state index >= 15 is 0 Å². The normalized spacial score (nSPS) is 10.4. The van der Waals surface area contributed by atoms with Crippen molar-refractivity contribution >= 4 is 48.3 Å². The molecule has 0 unspecified atom stereocenters. The number of anilines is 1. The molecule has 71 valence electrons. The van der Waals surface area contributed by atoms with Crippen LogP contribution < -0.4 is 5.32 Å². The van der Waals surface area contributed by atoms with Crippen molar-refractivity contribution in [3.63, 3.8) is 0 Å². The molecule has 0 aliphatic rings. The largest absolute Gasteiger partial charge is 0.318 e. The molecule has 1 aromatic carbocycles. The van der Waals surface area contributed by atoms with E-state index in [2.05, 4.69) is 27.3 Å². The molecule has 0 fully saturated rings. The van der Waals surface area contributed by atoms with Crippen LogP contribution in [0.25, 0.3) is 10.1 Å². The van der Waals surface area contributed by atoms with Crippen LogP contribution >= 0.6 is 27.3 Å². The van der Waals surface area contributed by atoms with Crippen LogP contribution in [-0.2, 0) is 4.79 Å². The highest BCUT2D eigenvalue weighted by molar-refractivity contribution is 9.10. The quantitative estimate of drug-likeness (QED) is 0.844. The van der Waals surface area contributed by atoms with Crippen LogP contribution in [0.3, 0.4) is 0 Å². The first-order chi connectivity index (χ1) is 6.65. The number of amides is 1. The van der Waals surface area contributed by atoms with Gasteiger partial charge in [0, 0.05) is 22.2 Å². The monoisotopic (exact) mass is 268 g/mol. The zero-order chi connectivity index (χ0) is 10.1. The summed E-state index contributed by atoms with van der Waals surface area (Å²) in [6, 6.07) is 9.05. The van der Waals surface area contributed by atoms with Gasteiger partial charge in [-0.2, -0.15) is 0 Å². The van der Waals surface area contributed by atoms with Crippen molar-refractivity contribution < 1.29 is 4.79 Å². The average Bonchev–Trinajstić information content (AvgIpc) is 2.44. The third-order valence-corrected chi connectivity index (χ3v) is 3.15. The third-order valence-electron chi connectivity index (χ3n) is 1.70. The lowest BCUT2D eigenvalue weighted by molar-refractivity contribution is -0.114. The minimum absolute atomic E-state index is 0.0457. The average molecular weight is 269 g/mol. The summed E-state index contributed by atoms with van der Waals surface area (Å²) in [5.41, 5.74) is 0. The van der Waals surface area contributed by atoms with Gasteiger partial charge in [-0.15, -0.1) is 11.3 Å². The summed E-state index contributed by atoms with van der Waals surface area (Å²) in [7, 11) is 0. The minimum Gasteiger partial charge on any atom is -0.318 e. The molecule has 2 aromatic rings. The predicted molar refractivity (Wildman–Crippen MR) is 62.7 cm³/mol. The number of thiophene rings is 1. The lowest BCUT2D eigenvalue weighted by Crippen LogP contribution is -2.03. The van der Waals surface area contributed by atoms with Crippen LogP contribution in [0.15, 0.2) is 22.7 Å². The third kappa shape index (κ3) is 1.96. The highest BCUT2D eigenvalue weighted by Gasteiger charge is 2.03. The fourth-order valence-corrected chi connectivity index (χ4v) is 2.64. The van der Waals surface area contributed by atoms with Gasteiger partial charge < -0.3 is 5.32 Å². The number of rotatable bonds is 1. The first kappa shape index (κ1) is 9.68. The van der Waals surface area contributed by atoms with E-state index < -0.39 is 0 Å². The van der Waals surface area contributed by atoms with Gasteiger partial charge in [0.15, 0.2) is 0 Å². The number of fused-ring (bicyclic) bond motifs is 1. The molecule has 0 saturated heterocycles. The van der Waals surface area contributed by atoms with E-state index in [1.807, 2.05) is 18.2 Å². The van der Waals surface area contributed by atoms with E-state index in [0.29, 0.717) is 0 Å². The fourth-order valence-electron chi connectivity index (χ4n) is 1.17. The highest BCUT2D eigenvalue weighted by atomic mass is 79.9. The summed E-state index contributed by atoms with van der Waals surface area (Å²) in [5, 5.41) is 4.72. The zero-order valence-corrected chi connectivity index (χ0v) is 9.83. The van der Waals surface area contributed by atoms with E-state index in [1.165, 1.54) is 18.3 Å². The molecule has 2 nitrogen and oxygen atoms in total. The van der Waals surface area contributed by atoms with Gasteiger partial charge in [0.2, 0.25) is 5.91 Å². The maximum atomic E-state index is 10.8. The van der Waals surface area contributed by atoms with Crippen LogP contribution in [0.4, 0.5) is 5.00 Å². The molecule has 4 heteroatoms. The zero-order valence-electron chi connectivity index (χ0n) is 7.43. The molecule has 2 rings (SSSR count). The minimum atomic E-state index is -0.0457. The number of halogens is 1. The number of nitrogens with one attached hydrogen (secondary N) is 1. The number of carbonyl (C=O) groups excluding carboxylic acids is 1. The van der Waals surface area contributed by atoms with Gasteiger partial charge in [0.25, 0.3) is 0 Å². The fraction of sp³-hybridized carbons (Fsp3) is 0.100. The lowest BCUT2D eigenvalue weighted by Gasteiger charge is -1.92. The molecule has 1 N–H and O–H groups in total. The van der Waals surface area contributed by atoms with Crippen LogP contribution in [0.2, 0.25) is 0 Å². The Hall–Kier alpha value is -0.870. The Morgan fingerprint density at radius 1 is 1.57 bits per heavy atom. The molecule has 1 amide bonds. The van der Waals surface area contributed by atoms with Crippen molar-refractivity contribution in [2.45, 2.75) is 6.92 Å². The van der Waals surface area contributed by atoms with Gasteiger partial charge in [0.1, 0.15) is 0 Å². The Bertz CT molecular complexity index is 492. The van der Waals surface area contributed by atoms with Crippen LogP contribution in [0.1, 0.15) is 6.92 Å². The Labute approximate surface area is 94.1 Å². The molecule has 0 saturated carbocycles. The Balaban J connectivity index is 2.46. The lowest BCUT2D eigenvalue weighted by atomic mass is 10.3. The second kappa shape index (κ2) is 3.71. The molecule has 1 aromatic heterocycles. The van der Waals surface area contributed by atoms with Gasteiger partial charge in [-0.1, -0.05) is 22.0 Å². The van der Waals surface area contributed by atoms with E-state index in [0.717, 1.165) is 19.6 Å². The molecular weight excluding hydrogens is 262 g/mol. The van der Waals surface area contributed by atoms with Crippen molar-refractivity contribution in [1.29, 1.82) is 0 Å². The maximum absolute atomic E-state index is 10.8. The molecule has 0 bridgehead atoms. The number of hydrogen-bond acceptors (Lipinski definition) is 2. The van der Waals surface area contributed by atoms with Crippen LogP contribution in [0.5, 0.6) is 0 Å². The van der Waals surface area contributed by atoms with E-state index in [-0.39, 0.29) is 5.91 Å². The summed E-state index contributed by atoms with van der Waals surface area (Å²) in [4.78, 5) is 10.8. The molecular formula is C10H7BrNOS.